The molecule has 0 aromatic rings. The predicted octanol–water partition coefficient (Wildman–Crippen LogP) is 12.0. The second kappa shape index (κ2) is 38.1. The molecule has 2 N–H and O–H groups in total. The second-order valence-electron chi connectivity index (χ2n) is 15.9. The number of allylic oxidation sites excluding steroid dienone is 2. The zero-order chi connectivity index (χ0) is 45.9. The van der Waals surface area contributed by atoms with Crippen LogP contribution in [0.3, 0.4) is 0 Å². The number of hydrogen-bond donors (Lipinski definition) is 2. The van der Waals surface area contributed by atoms with E-state index in [1.807, 2.05) is 0 Å². The third-order valence-electron chi connectivity index (χ3n) is 10.6. The fourth-order valence-corrected chi connectivity index (χ4v) is 8.30. The van der Waals surface area contributed by atoms with Crippen LogP contribution in [-0.2, 0) is 47.3 Å². The molecular weight excluding hydrogens is 878 g/mol. The van der Waals surface area contributed by atoms with Crippen LogP contribution in [0, 0.1) is 5.41 Å². The van der Waals surface area contributed by atoms with Gasteiger partial charge in [0.1, 0.15) is 30.7 Å². The Hall–Kier alpha value is -1.02. The van der Waals surface area contributed by atoms with Gasteiger partial charge in [-0.05, 0) is 44.9 Å². The van der Waals surface area contributed by atoms with Gasteiger partial charge < -0.3 is 47.8 Å². The van der Waals surface area contributed by atoms with Crippen LogP contribution in [0.2, 0.25) is 0 Å². The molecule has 1 aliphatic rings. The summed E-state index contributed by atoms with van der Waals surface area (Å²) in [4.78, 5) is 13.8. The number of ether oxygens (including phenoxy) is 8. The van der Waals surface area contributed by atoms with Crippen molar-refractivity contribution in [3.8, 4) is 0 Å². The van der Waals surface area contributed by atoms with Crippen molar-refractivity contribution in [2.45, 2.75) is 195 Å². The lowest BCUT2D eigenvalue weighted by molar-refractivity contribution is -0.286. The van der Waals surface area contributed by atoms with Gasteiger partial charge in [-0.15, -0.1) is 13.2 Å². The topological polar surface area (TPSA) is 144 Å². The van der Waals surface area contributed by atoms with Gasteiger partial charge in [-0.3, -0.25) is 10.2 Å². The molecule has 0 aliphatic carbocycles. The fourth-order valence-electron chi connectivity index (χ4n) is 7.12. The van der Waals surface area contributed by atoms with Crippen LogP contribution in [0.4, 0.5) is 0 Å². The van der Waals surface area contributed by atoms with Gasteiger partial charge in [0.25, 0.3) is 3.79 Å². The van der Waals surface area contributed by atoms with E-state index in [1.54, 1.807) is 13.2 Å². The number of nitrogens with one attached hydrogen (secondary N) is 2. The minimum atomic E-state index is -2.70. The number of carbonyl (C=O) groups is 1. The molecule has 0 radical (unpaired) electrons. The summed E-state index contributed by atoms with van der Waals surface area (Å²) in [5.74, 6) is -0.988. The summed E-state index contributed by atoms with van der Waals surface area (Å²) < 4.78 is 59.6. The Bertz CT molecular complexity index is 1230. The molecule has 3 unspecified atom stereocenters. The quantitative estimate of drug-likeness (QED) is 0.0116. The van der Waals surface area contributed by atoms with Crippen LogP contribution in [-0.4, -0.2) is 105 Å². The Balaban J connectivity index is 3.24. The Morgan fingerprint density at radius 1 is 0.839 bits per heavy atom. The standard InChI is InChI=1S/C46H82Cl3N2O10P/c1-7-11-13-15-16-17-18-19-20-21-22-23-24-26-28-30-39(52)51-40-42(57-34-31-37(55-6)29-27-25-14-12-8-2)41(60-45(58-33-10-4)62(53)36-56-32-9-3)38(35-54-5)59-43(40)61-44(50)46(47,48)49/h9-10,17-18,37-38,40-43,45,50,62H,3-4,7-8,11-16,19-36H2,1-2,5-6H3,(H,51,52)/b18-17-,50-44?/t37-,38-,40-,41-,42-,43?,45?/m1/s1. The molecule has 362 valence electrons. The van der Waals surface area contributed by atoms with Gasteiger partial charge in [0.15, 0.2) is 7.80 Å². The summed E-state index contributed by atoms with van der Waals surface area (Å²) in [7, 11) is 0.468. The number of carbonyl (C=O) groups excluding carboxylic acids is 1. The zero-order valence-electron chi connectivity index (χ0n) is 38.4. The van der Waals surface area contributed by atoms with E-state index in [-0.39, 0.29) is 51.2 Å². The smallest absolute Gasteiger partial charge is 0.265 e. The summed E-state index contributed by atoms with van der Waals surface area (Å²) >= 11 is 18.2. The van der Waals surface area contributed by atoms with E-state index in [9.17, 15) is 9.36 Å². The lowest BCUT2D eigenvalue weighted by Gasteiger charge is -2.47. The Morgan fingerprint density at radius 3 is 2.03 bits per heavy atom. The van der Waals surface area contributed by atoms with Crippen molar-refractivity contribution in [3.63, 3.8) is 0 Å². The van der Waals surface area contributed by atoms with Crippen molar-refractivity contribution >= 4 is 54.4 Å². The molecule has 8 atom stereocenters. The maximum Gasteiger partial charge on any atom is 0.265 e. The van der Waals surface area contributed by atoms with E-state index < -0.39 is 54.2 Å². The molecule has 0 saturated carbocycles. The molecule has 1 fully saturated rings. The van der Waals surface area contributed by atoms with Gasteiger partial charge in [0.2, 0.25) is 24.1 Å². The van der Waals surface area contributed by atoms with E-state index in [4.69, 9.17) is 78.1 Å². The zero-order valence-corrected chi connectivity index (χ0v) is 41.6. The van der Waals surface area contributed by atoms with E-state index in [0.717, 1.165) is 51.4 Å². The number of halogens is 3. The highest BCUT2D eigenvalue weighted by atomic mass is 35.6. The van der Waals surface area contributed by atoms with Gasteiger partial charge in [-0.2, -0.15) is 0 Å². The first kappa shape index (κ1) is 59.0. The molecule has 0 aromatic heterocycles. The first-order valence-electron chi connectivity index (χ1n) is 23.1. The van der Waals surface area contributed by atoms with Crippen LogP contribution in [0.1, 0.15) is 149 Å². The fraction of sp³-hybridized carbons (Fsp3) is 0.826. The average molecular weight is 960 g/mol. The van der Waals surface area contributed by atoms with Gasteiger partial charge in [-0.1, -0.05) is 156 Å². The van der Waals surface area contributed by atoms with Gasteiger partial charge in [-0.25, -0.2) is 0 Å². The molecule has 1 amide bonds. The van der Waals surface area contributed by atoms with E-state index in [2.05, 4.69) is 44.5 Å². The van der Waals surface area contributed by atoms with Crippen molar-refractivity contribution < 1.29 is 47.3 Å². The Labute approximate surface area is 390 Å². The monoisotopic (exact) mass is 958 g/mol. The minimum Gasteiger partial charge on any atom is -0.446 e. The second-order valence-corrected chi connectivity index (χ2v) is 19.9. The Morgan fingerprint density at radius 2 is 1.44 bits per heavy atom. The third-order valence-corrected chi connectivity index (χ3v) is 12.4. The van der Waals surface area contributed by atoms with Crippen LogP contribution >= 0.6 is 42.6 Å². The van der Waals surface area contributed by atoms with Gasteiger partial charge in [0, 0.05) is 27.2 Å². The lowest BCUT2D eigenvalue weighted by Crippen LogP contribution is -2.67. The molecule has 1 aliphatic heterocycles. The number of hydrogen-bond acceptors (Lipinski definition) is 11. The van der Waals surface area contributed by atoms with E-state index in [1.165, 1.54) is 77.4 Å². The molecule has 16 heteroatoms. The maximum atomic E-state index is 13.8. The number of unbranched alkanes of at least 4 members (excludes halogenated alkanes) is 15. The molecule has 0 spiro atoms. The number of alkyl halides is 3. The molecule has 1 rings (SSSR count). The summed E-state index contributed by atoms with van der Waals surface area (Å²) in [6, 6.07) is -2.32. The maximum absolute atomic E-state index is 13.8. The molecule has 1 heterocycles. The van der Waals surface area contributed by atoms with Crippen LogP contribution < -0.4 is 5.32 Å². The van der Waals surface area contributed by atoms with Crippen LogP contribution in [0.5, 0.6) is 0 Å². The minimum absolute atomic E-state index is 0.0350. The van der Waals surface area contributed by atoms with Crippen molar-refractivity contribution in [2.24, 2.45) is 0 Å². The SMILES string of the molecule is C=CCOC[PH](=O)C(OCC=C)O[C@H]1[C@H](OCC[C@@H](CCCCCCC)OC)[C@@H](NC(=O)CCCCCCCCC/C=C\CCCCCC)C(OC(=N)C(Cl)(Cl)Cl)O[C@@H]1COC. The summed E-state index contributed by atoms with van der Waals surface area (Å²) in [6.07, 6.45) is 25.2. The Kier molecular flexibility index (Phi) is 36.3. The van der Waals surface area contributed by atoms with Crippen LogP contribution in [0.15, 0.2) is 37.5 Å². The summed E-state index contributed by atoms with van der Waals surface area (Å²) in [6.45, 7) is 12.2. The highest BCUT2D eigenvalue weighted by Crippen LogP contribution is 2.37. The van der Waals surface area contributed by atoms with Gasteiger partial charge >= 0.3 is 0 Å². The van der Waals surface area contributed by atoms with E-state index in [0.29, 0.717) is 12.8 Å². The van der Waals surface area contributed by atoms with Crippen molar-refractivity contribution in [1.29, 1.82) is 5.41 Å². The molecule has 0 aromatic carbocycles. The summed E-state index contributed by atoms with van der Waals surface area (Å²) in [5.41, 5.74) is 0. The first-order valence-corrected chi connectivity index (χ1v) is 25.9. The average Bonchev–Trinajstić information content (AvgIpc) is 3.24. The van der Waals surface area contributed by atoms with Crippen molar-refractivity contribution in [1.82, 2.24) is 5.32 Å². The highest BCUT2D eigenvalue weighted by Gasteiger charge is 2.51. The number of amides is 1. The normalized spacial score (nSPS) is 20.8. The third kappa shape index (κ3) is 27.5. The van der Waals surface area contributed by atoms with E-state index >= 15 is 0 Å². The molecular formula is C46H82Cl3N2O10P. The molecule has 1 saturated heterocycles. The number of methoxy groups -OCH3 is 2. The summed E-state index contributed by atoms with van der Waals surface area (Å²) in [5, 5.41) is 11.5. The molecule has 0 bridgehead atoms. The van der Waals surface area contributed by atoms with Crippen LogP contribution in [0.25, 0.3) is 0 Å². The number of rotatable bonds is 40. The predicted molar refractivity (Wildman–Crippen MR) is 254 cm³/mol. The first-order chi connectivity index (χ1) is 30.0. The van der Waals surface area contributed by atoms with Crippen molar-refractivity contribution in [3.05, 3.63) is 37.5 Å². The lowest BCUT2D eigenvalue weighted by atomic mass is 9.95. The highest BCUT2D eigenvalue weighted by molar-refractivity contribution is 7.44. The molecule has 62 heavy (non-hydrogen) atoms. The van der Waals surface area contributed by atoms with Gasteiger partial charge in [0.05, 0.1) is 25.9 Å². The largest absolute Gasteiger partial charge is 0.446 e. The molecule has 12 nitrogen and oxygen atoms in total. The van der Waals surface area contributed by atoms with Crippen molar-refractivity contribution in [2.75, 3.05) is 47.0 Å².